The Morgan fingerprint density at radius 1 is 1.07 bits per heavy atom. The summed E-state index contributed by atoms with van der Waals surface area (Å²) in [7, 11) is 0. The Labute approximate surface area is 173 Å². The molecule has 2 amide bonds. The van der Waals surface area contributed by atoms with Gasteiger partial charge in [0.05, 0.1) is 6.61 Å². The summed E-state index contributed by atoms with van der Waals surface area (Å²) in [5.74, 6) is -0.169. The maximum Gasteiger partial charge on any atom is 0.407 e. The van der Waals surface area contributed by atoms with Gasteiger partial charge in [-0.05, 0) is 31.2 Å². The highest BCUT2D eigenvalue weighted by atomic mass is 16.5. The molecule has 0 bridgehead atoms. The zero-order valence-electron chi connectivity index (χ0n) is 17.8. The van der Waals surface area contributed by atoms with Gasteiger partial charge >= 0.3 is 12.1 Å². The molecule has 0 aromatic heterocycles. The number of carbonyl (C=O) groups excluding carboxylic acids is 3. The first-order chi connectivity index (χ1) is 14.0. The number of esters is 1. The Hall–Kier alpha value is -2.57. The van der Waals surface area contributed by atoms with Crippen LogP contribution in [0, 0.1) is 5.92 Å². The molecule has 7 nitrogen and oxygen atoms in total. The average Bonchev–Trinajstić information content (AvgIpc) is 2.71. The molecule has 1 N–H and O–H groups in total. The molecule has 162 valence electrons. The van der Waals surface area contributed by atoms with Gasteiger partial charge in [0.2, 0.25) is 5.91 Å². The third-order valence-electron chi connectivity index (χ3n) is 4.42. The van der Waals surface area contributed by atoms with E-state index in [-0.39, 0.29) is 30.9 Å². The van der Waals surface area contributed by atoms with E-state index in [4.69, 9.17) is 9.47 Å². The lowest BCUT2D eigenvalue weighted by atomic mass is 10.0. The van der Waals surface area contributed by atoms with Crippen LogP contribution in [0.15, 0.2) is 30.3 Å². The highest BCUT2D eigenvalue weighted by molar-refractivity contribution is 5.81. The molecule has 0 heterocycles. The fourth-order valence-electron chi connectivity index (χ4n) is 2.89. The fourth-order valence-corrected chi connectivity index (χ4v) is 2.89. The number of hydrogen-bond donors (Lipinski definition) is 1. The average molecular weight is 407 g/mol. The predicted molar refractivity (Wildman–Crippen MR) is 111 cm³/mol. The summed E-state index contributed by atoms with van der Waals surface area (Å²) in [4.78, 5) is 37.0. The number of hydrogen-bond acceptors (Lipinski definition) is 5. The normalized spacial score (nSPS) is 11.4. The van der Waals surface area contributed by atoms with Crippen molar-refractivity contribution in [1.29, 1.82) is 0 Å². The van der Waals surface area contributed by atoms with Gasteiger partial charge in [-0.2, -0.15) is 0 Å². The molecule has 1 rings (SSSR count). The molecule has 0 saturated heterocycles. The van der Waals surface area contributed by atoms with E-state index in [1.807, 2.05) is 30.3 Å². The van der Waals surface area contributed by atoms with Crippen LogP contribution in [0.4, 0.5) is 4.79 Å². The Balaban J connectivity index is 2.20. The molecule has 0 unspecified atom stereocenters. The Kier molecular flexibility index (Phi) is 12.2. The van der Waals surface area contributed by atoms with Gasteiger partial charge in [0.1, 0.15) is 13.2 Å². The number of carbonyl (C=O) groups is 3. The van der Waals surface area contributed by atoms with Crippen molar-refractivity contribution in [3.8, 4) is 0 Å². The molecule has 1 atom stereocenters. The summed E-state index contributed by atoms with van der Waals surface area (Å²) in [6, 6.07) is 9.53. The third kappa shape index (κ3) is 11.1. The minimum Gasteiger partial charge on any atom is -0.465 e. The standard InChI is InChI=1S/C22H34N2O5/c1-4-20(25)24(16-21(26)28-5-2)15-18(3)11-9-10-14-23-22(27)29-17-19-12-7-6-8-13-19/h6-8,12-13,18H,4-5,9-11,14-17H2,1-3H3,(H,23,27)/t18-/m0/s1. The van der Waals surface area contributed by atoms with Gasteiger partial charge in [0.25, 0.3) is 0 Å². The van der Waals surface area contributed by atoms with Crippen LogP contribution < -0.4 is 5.32 Å². The van der Waals surface area contributed by atoms with Gasteiger partial charge in [-0.3, -0.25) is 9.59 Å². The van der Waals surface area contributed by atoms with Crippen LogP contribution in [0.3, 0.4) is 0 Å². The second-order valence-corrected chi connectivity index (χ2v) is 7.02. The molecular formula is C22H34N2O5. The summed E-state index contributed by atoms with van der Waals surface area (Å²) in [5, 5.41) is 2.75. The highest BCUT2D eigenvalue weighted by Crippen LogP contribution is 2.11. The van der Waals surface area contributed by atoms with E-state index in [1.54, 1.807) is 18.7 Å². The summed E-state index contributed by atoms with van der Waals surface area (Å²) in [6.07, 6.45) is 2.58. The van der Waals surface area contributed by atoms with Gasteiger partial charge in [0.15, 0.2) is 0 Å². The SMILES string of the molecule is CCOC(=O)CN(C[C@@H](C)CCCCNC(=O)OCc1ccccc1)C(=O)CC. The van der Waals surface area contributed by atoms with Crippen molar-refractivity contribution in [2.75, 3.05) is 26.2 Å². The molecule has 7 heteroatoms. The van der Waals surface area contributed by atoms with Crippen molar-refractivity contribution in [2.24, 2.45) is 5.92 Å². The van der Waals surface area contributed by atoms with Crippen LogP contribution >= 0.6 is 0 Å². The van der Waals surface area contributed by atoms with E-state index in [0.717, 1.165) is 24.8 Å². The maximum atomic E-state index is 12.1. The van der Waals surface area contributed by atoms with Crippen molar-refractivity contribution in [2.45, 2.75) is 53.1 Å². The number of amides is 2. The van der Waals surface area contributed by atoms with E-state index < -0.39 is 6.09 Å². The zero-order valence-corrected chi connectivity index (χ0v) is 17.8. The molecule has 0 spiro atoms. The molecule has 0 aliphatic carbocycles. The largest absolute Gasteiger partial charge is 0.465 e. The van der Waals surface area contributed by atoms with Crippen LogP contribution in [0.5, 0.6) is 0 Å². The zero-order chi connectivity index (χ0) is 21.5. The molecule has 0 aliphatic rings. The molecule has 0 saturated carbocycles. The van der Waals surface area contributed by atoms with Gasteiger partial charge in [-0.15, -0.1) is 0 Å². The Morgan fingerprint density at radius 3 is 2.45 bits per heavy atom. The first-order valence-corrected chi connectivity index (χ1v) is 10.3. The number of unbranched alkanes of at least 4 members (excludes halogenated alkanes) is 1. The van der Waals surface area contributed by atoms with E-state index in [0.29, 0.717) is 26.1 Å². The highest BCUT2D eigenvalue weighted by Gasteiger charge is 2.18. The predicted octanol–water partition coefficient (Wildman–Crippen LogP) is 3.52. The van der Waals surface area contributed by atoms with Crippen molar-refractivity contribution >= 4 is 18.0 Å². The van der Waals surface area contributed by atoms with Crippen LogP contribution in [0.25, 0.3) is 0 Å². The second kappa shape index (κ2) is 14.4. The van der Waals surface area contributed by atoms with Gasteiger partial charge < -0.3 is 19.7 Å². The summed E-state index contributed by atoms with van der Waals surface area (Å²) in [5.41, 5.74) is 0.950. The molecule has 0 fully saturated rings. The van der Waals surface area contributed by atoms with E-state index >= 15 is 0 Å². The Morgan fingerprint density at radius 2 is 1.79 bits per heavy atom. The van der Waals surface area contributed by atoms with E-state index in [9.17, 15) is 14.4 Å². The van der Waals surface area contributed by atoms with Gasteiger partial charge in [-0.1, -0.05) is 50.6 Å². The molecule has 1 aromatic rings. The van der Waals surface area contributed by atoms with Crippen molar-refractivity contribution in [3.63, 3.8) is 0 Å². The molecule has 0 radical (unpaired) electrons. The molecule has 29 heavy (non-hydrogen) atoms. The van der Waals surface area contributed by atoms with Gasteiger partial charge in [-0.25, -0.2) is 4.79 Å². The van der Waals surface area contributed by atoms with Crippen molar-refractivity contribution in [3.05, 3.63) is 35.9 Å². The summed E-state index contributed by atoms with van der Waals surface area (Å²) < 4.78 is 10.1. The number of rotatable bonds is 13. The second-order valence-electron chi connectivity index (χ2n) is 7.02. The molecular weight excluding hydrogens is 372 g/mol. The maximum absolute atomic E-state index is 12.1. The molecule has 1 aromatic carbocycles. The Bertz CT molecular complexity index is 621. The quantitative estimate of drug-likeness (QED) is 0.400. The summed E-state index contributed by atoms with van der Waals surface area (Å²) >= 11 is 0. The van der Waals surface area contributed by atoms with Crippen molar-refractivity contribution in [1.82, 2.24) is 10.2 Å². The minimum absolute atomic E-state index is 0.000333. The third-order valence-corrected chi connectivity index (χ3v) is 4.42. The first-order valence-electron chi connectivity index (χ1n) is 10.3. The van der Waals surface area contributed by atoms with E-state index in [1.165, 1.54) is 0 Å². The number of nitrogens with one attached hydrogen (secondary N) is 1. The number of alkyl carbamates (subject to hydrolysis) is 1. The number of ether oxygens (including phenoxy) is 2. The minimum atomic E-state index is -0.420. The smallest absolute Gasteiger partial charge is 0.407 e. The van der Waals surface area contributed by atoms with E-state index in [2.05, 4.69) is 12.2 Å². The number of benzene rings is 1. The van der Waals surface area contributed by atoms with Crippen LogP contribution in [0.1, 0.15) is 52.0 Å². The topological polar surface area (TPSA) is 84.9 Å². The fraction of sp³-hybridized carbons (Fsp3) is 0.591. The van der Waals surface area contributed by atoms with Crippen LogP contribution in [-0.4, -0.2) is 49.1 Å². The van der Waals surface area contributed by atoms with Crippen LogP contribution in [0.2, 0.25) is 0 Å². The van der Waals surface area contributed by atoms with Gasteiger partial charge in [0, 0.05) is 19.5 Å². The monoisotopic (exact) mass is 406 g/mol. The lowest BCUT2D eigenvalue weighted by Crippen LogP contribution is -2.39. The lowest BCUT2D eigenvalue weighted by Gasteiger charge is -2.24. The number of nitrogens with zero attached hydrogens (tertiary/aromatic N) is 1. The van der Waals surface area contributed by atoms with Crippen molar-refractivity contribution < 1.29 is 23.9 Å². The first kappa shape index (κ1) is 24.5. The van der Waals surface area contributed by atoms with Crippen LogP contribution in [-0.2, 0) is 25.7 Å². The lowest BCUT2D eigenvalue weighted by molar-refractivity contribution is -0.149. The molecule has 0 aliphatic heterocycles. The summed E-state index contributed by atoms with van der Waals surface area (Å²) in [6.45, 7) is 7.22.